The number of thiophene rings is 1. The zero-order valence-corrected chi connectivity index (χ0v) is 25.2. The van der Waals surface area contributed by atoms with Gasteiger partial charge in [-0.25, -0.2) is 9.97 Å². The largest absolute Gasteiger partial charge is 0.306 e. The minimum atomic E-state index is 0.713. The summed E-state index contributed by atoms with van der Waals surface area (Å²) in [6, 6.07) is 44.2. The molecule has 0 saturated carbocycles. The highest BCUT2D eigenvalue weighted by Gasteiger charge is 2.23. The zero-order valence-electron chi connectivity index (χ0n) is 24.4. The summed E-state index contributed by atoms with van der Waals surface area (Å²) in [5.74, 6) is 0.713. The van der Waals surface area contributed by atoms with Crippen molar-refractivity contribution in [3.8, 4) is 28.3 Å². The van der Waals surface area contributed by atoms with Gasteiger partial charge >= 0.3 is 0 Å². The summed E-state index contributed by atoms with van der Waals surface area (Å²) in [7, 11) is 0. The molecule has 0 unspecified atom stereocenters. The third kappa shape index (κ3) is 3.62. The van der Waals surface area contributed by atoms with Crippen molar-refractivity contribution < 1.29 is 0 Å². The van der Waals surface area contributed by atoms with Crippen LogP contribution in [0.5, 0.6) is 0 Å². The fourth-order valence-corrected chi connectivity index (χ4v) is 8.15. The summed E-state index contributed by atoms with van der Waals surface area (Å²) in [6.07, 6.45) is 3.76. The molecular formula is C40H23N5S. The maximum absolute atomic E-state index is 5.17. The van der Waals surface area contributed by atoms with Crippen LogP contribution in [-0.2, 0) is 0 Å². The summed E-state index contributed by atoms with van der Waals surface area (Å²) in [4.78, 5) is 20.2. The number of hydrogen-bond donors (Lipinski definition) is 0. The molecule has 0 aliphatic heterocycles. The Morgan fingerprint density at radius 3 is 2.11 bits per heavy atom. The van der Waals surface area contributed by atoms with E-state index in [1.54, 1.807) is 0 Å². The topological polar surface area (TPSA) is 56.5 Å². The average molecular weight is 606 g/mol. The molecule has 5 aromatic heterocycles. The number of fused-ring (bicyclic) bond motifs is 11. The van der Waals surface area contributed by atoms with E-state index in [0.717, 1.165) is 66.3 Å². The number of nitrogens with zero attached hydrogens (tertiary/aromatic N) is 5. The quantitative estimate of drug-likeness (QED) is 0.201. The van der Waals surface area contributed by atoms with Gasteiger partial charge in [-0.05, 0) is 42.5 Å². The van der Waals surface area contributed by atoms with Gasteiger partial charge in [0.2, 0.25) is 0 Å². The molecule has 0 spiro atoms. The zero-order chi connectivity index (χ0) is 30.2. The van der Waals surface area contributed by atoms with E-state index in [9.17, 15) is 0 Å². The average Bonchev–Trinajstić information content (AvgIpc) is 3.69. The van der Waals surface area contributed by atoms with E-state index >= 15 is 0 Å². The smallest absolute Gasteiger partial charge is 0.160 e. The Morgan fingerprint density at radius 2 is 1.26 bits per heavy atom. The molecule has 10 aromatic rings. The van der Waals surface area contributed by atoms with Crippen molar-refractivity contribution in [1.82, 2.24) is 24.5 Å². The molecule has 0 N–H and O–H groups in total. The summed E-state index contributed by atoms with van der Waals surface area (Å²) >= 11 is 1.83. The molecule has 0 aliphatic carbocycles. The van der Waals surface area contributed by atoms with Gasteiger partial charge in [0.1, 0.15) is 0 Å². The van der Waals surface area contributed by atoms with E-state index in [1.807, 2.05) is 60.1 Å². The van der Waals surface area contributed by atoms with Gasteiger partial charge in [-0.2, -0.15) is 0 Å². The Bertz CT molecular complexity index is 2800. The molecule has 0 saturated heterocycles. The molecule has 5 nitrogen and oxygen atoms in total. The molecule has 10 rings (SSSR count). The van der Waals surface area contributed by atoms with Gasteiger partial charge in [0.15, 0.2) is 5.82 Å². The Labute approximate surface area is 267 Å². The second-order valence-electron chi connectivity index (χ2n) is 11.5. The molecule has 0 fully saturated rings. The van der Waals surface area contributed by atoms with Crippen molar-refractivity contribution >= 4 is 75.3 Å². The van der Waals surface area contributed by atoms with Crippen molar-refractivity contribution in [3.63, 3.8) is 0 Å². The lowest BCUT2D eigenvalue weighted by Crippen LogP contribution is -1.98. The van der Waals surface area contributed by atoms with Crippen LogP contribution in [0.4, 0.5) is 0 Å². The lowest BCUT2D eigenvalue weighted by molar-refractivity contribution is 1.18. The maximum atomic E-state index is 5.17. The molecule has 0 aliphatic rings. The molecule has 0 radical (unpaired) electrons. The lowest BCUT2D eigenvalue weighted by Gasteiger charge is -2.13. The SMILES string of the molecule is c1ccc(-c2nc(-c3ccccc3)c3cc(-n4c5cccnc5c5c6ncccc6c6c7ccccc7sc6c54)ccc3n2)cc1. The predicted molar refractivity (Wildman–Crippen MR) is 191 cm³/mol. The van der Waals surface area contributed by atoms with Crippen LogP contribution in [0.15, 0.2) is 140 Å². The third-order valence-corrected chi connectivity index (χ3v) is 10.0. The van der Waals surface area contributed by atoms with Gasteiger partial charge in [-0.1, -0.05) is 84.9 Å². The Morgan fingerprint density at radius 1 is 0.543 bits per heavy atom. The number of hydrogen-bond acceptors (Lipinski definition) is 5. The summed E-state index contributed by atoms with van der Waals surface area (Å²) in [5.41, 5.74) is 8.95. The molecule has 214 valence electrons. The van der Waals surface area contributed by atoms with Crippen LogP contribution in [0.2, 0.25) is 0 Å². The van der Waals surface area contributed by atoms with Gasteiger partial charge < -0.3 is 4.57 Å². The van der Waals surface area contributed by atoms with Crippen LogP contribution in [0.25, 0.3) is 92.2 Å². The normalized spacial score (nSPS) is 11.9. The Kier molecular flexibility index (Phi) is 5.38. The van der Waals surface area contributed by atoms with Crippen molar-refractivity contribution in [3.05, 3.63) is 140 Å². The minimum Gasteiger partial charge on any atom is -0.306 e. The van der Waals surface area contributed by atoms with E-state index < -0.39 is 0 Å². The van der Waals surface area contributed by atoms with Crippen molar-refractivity contribution in [2.24, 2.45) is 0 Å². The van der Waals surface area contributed by atoms with Crippen LogP contribution in [0.3, 0.4) is 0 Å². The van der Waals surface area contributed by atoms with Crippen LogP contribution in [0.1, 0.15) is 0 Å². The Hall–Kier alpha value is -5.98. The summed E-state index contributed by atoms with van der Waals surface area (Å²) in [5, 5.41) is 5.71. The first-order valence-electron chi connectivity index (χ1n) is 15.2. The van der Waals surface area contributed by atoms with Gasteiger partial charge in [0.05, 0.1) is 43.4 Å². The minimum absolute atomic E-state index is 0.713. The van der Waals surface area contributed by atoms with Crippen LogP contribution >= 0.6 is 11.3 Å². The highest BCUT2D eigenvalue weighted by atomic mass is 32.1. The van der Waals surface area contributed by atoms with Gasteiger partial charge in [0, 0.05) is 55.5 Å². The van der Waals surface area contributed by atoms with Crippen LogP contribution in [0, 0.1) is 0 Å². The van der Waals surface area contributed by atoms with Crippen LogP contribution in [-0.4, -0.2) is 24.5 Å². The number of benzene rings is 5. The van der Waals surface area contributed by atoms with Gasteiger partial charge in [-0.15, -0.1) is 11.3 Å². The highest BCUT2D eigenvalue weighted by molar-refractivity contribution is 7.27. The molecule has 46 heavy (non-hydrogen) atoms. The van der Waals surface area contributed by atoms with Crippen molar-refractivity contribution in [2.45, 2.75) is 0 Å². The maximum Gasteiger partial charge on any atom is 0.160 e. The van der Waals surface area contributed by atoms with Gasteiger partial charge in [0.25, 0.3) is 0 Å². The van der Waals surface area contributed by atoms with Gasteiger partial charge in [-0.3, -0.25) is 9.97 Å². The first-order chi connectivity index (χ1) is 22.8. The number of pyridine rings is 2. The molecular weight excluding hydrogens is 583 g/mol. The summed E-state index contributed by atoms with van der Waals surface area (Å²) < 4.78 is 4.85. The molecule has 0 bridgehead atoms. The Balaban J connectivity index is 1.36. The first kappa shape index (κ1) is 25.4. The van der Waals surface area contributed by atoms with E-state index in [2.05, 4.69) is 95.6 Å². The molecule has 0 amide bonds. The summed E-state index contributed by atoms with van der Waals surface area (Å²) in [6.45, 7) is 0. The van der Waals surface area contributed by atoms with Crippen molar-refractivity contribution in [1.29, 1.82) is 0 Å². The number of rotatable bonds is 3. The standard InChI is InChI=1S/C40H23N5S/c1-3-11-24(12-4-1)35-29-23-26(19-20-30(29)43-40(44-35)25-13-5-2-6-14-25)45-31-17-10-22-42-37(31)34-36-28(16-9-21-41-36)33-27-15-7-8-18-32(27)46-39(33)38(34)45/h1-23H. The second kappa shape index (κ2) is 9.76. The number of aromatic nitrogens is 5. The molecule has 6 heteroatoms. The van der Waals surface area contributed by atoms with E-state index in [0.29, 0.717) is 5.82 Å². The fourth-order valence-electron chi connectivity index (χ4n) is 6.90. The monoisotopic (exact) mass is 605 g/mol. The molecule has 5 heterocycles. The van der Waals surface area contributed by atoms with E-state index in [4.69, 9.17) is 19.9 Å². The third-order valence-electron chi connectivity index (χ3n) is 8.87. The highest BCUT2D eigenvalue weighted by Crippen LogP contribution is 2.47. The van der Waals surface area contributed by atoms with Crippen molar-refractivity contribution in [2.75, 3.05) is 0 Å². The van der Waals surface area contributed by atoms with Crippen LogP contribution < -0.4 is 0 Å². The first-order valence-corrected chi connectivity index (χ1v) is 16.1. The van der Waals surface area contributed by atoms with E-state index in [1.165, 1.54) is 20.2 Å². The van der Waals surface area contributed by atoms with E-state index in [-0.39, 0.29) is 0 Å². The molecule has 0 atom stereocenters. The molecule has 5 aromatic carbocycles. The lowest BCUT2D eigenvalue weighted by atomic mass is 10.0. The fraction of sp³-hybridized carbons (Fsp3) is 0. The predicted octanol–water partition coefficient (Wildman–Crippen LogP) is 10.4. The second-order valence-corrected chi connectivity index (χ2v) is 12.5.